The van der Waals surface area contributed by atoms with Crippen LogP contribution in [0.1, 0.15) is 20.7 Å². The lowest BCUT2D eigenvalue weighted by Crippen LogP contribution is -2.04. The van der Waals surface area contributed by atoms with Crippen LogP contribution < -0.4 is 0 Å². The number of fused-ring (bicyclic) bond motifs is 4. The molecule has 0 spiro atoms. The van der Waals surface area contributed by atoms with Crippen LogP contribution in [-0.2, 0) is 4.74 Å². The van der Waals surface area contributed by atoms with Gasteiger partial charge in [0.25, 0.3) is 0 Å². The largest absolute Gasteiger partial charge is 0.478 e. The van der Waals surface area contributed by atoms with Crippen LogP contribution >= 0.6 is 0 Å². The molecule has 0 atom stereocenters. The normalized spacial score (nSPS) is 10.8. The van der Waals surface area contributed by atoms with E-state index in [1.807, 2.05) is 84.9 Å². The molecule has 6 rings (SSSR count). The van der Waals surface area contributed by atoms with Crippen LogP contribution in [0.5, 0.6) is 0 Å². The number of aromatic nitrogens is 2. The predicted molar refractivity (Wildman–Crippen MR) is 137 cm³/mol. The van der Waals surface area contributed by atoms with Crippen LogP contribution in [0.15, 0.2) is 97.1 Å². The van der Waals surface area contributed by atoms with Crippen LogP contribution in [-0.4, -0.2) is 34.1 Å². The maximum atomic E-state index is 12.0. The second-order valence-electron chi connectivity index (χ2n) is 7.84. The van der Waals surface area contributed by atoms with Gasteiger partial charge in [0, 0.05) is 21.5 Å². The molecule has 4 aromatic carbocycles. The predicted octanol–water partition coefficient (Wildman–Crippen LogP) is 6.26. The summed E-state index contributed by atoms with van der Waals surface area (Å²) < 4.78 is 4.89. The molecule has 2 heterocycles. The molecule has 170 valence electrons. The summed E-state index contributed by atoms with van der Waals surface area (Å²) in [6, 6.07) is 29.8. The summed E-state index contributed by atoms with van der Waals surface area (Å²) in [6.45, 7) is 0. The Labute approximate surface area is 200 Å². The van der Waals surface area contributed by atoms with Crippen molar-refractivity contribution in [3.8, 4) is 0 Å². The third-order valence-electron chi connectivity index (χ3n) is 5.78. The Kier molecular flexibility index (Phi) is 5.77. The van der Waals surface area contributed by atoms with Crippen molar-refractivity contribution in [3.05, 3.63) is 108 Å². The average Bonchev–Trinajstić information content (AvgIpc) is 2.90. The molecule has 0 saturated heterocycles. The first-order valence-corrected chi connectivity index (χ1v) is 10.9. The van der Waals surface area contributed by atoms with Gasteiger partial charge in [0.15, 0.2) is 0 Å². The van der Waals surface area contributed by atoms with E-state index >= 15 is 0 Å². The van der Waals surface area contributed by atoms with E-state index in [0.717, 1.165) is 21.8 Å². The van der Waals surface area contributed by atoms with Crippen molar-refractivity contribution in [3.63, 3.8) is 0 Å². The summed E-state index contributed by atoms with van der Waals surface area (Å²) in [4.78, 5) is 32.4. The smallest absolute Gasteiger partial charge is 0.339 e. The average molecular weight is 460 g/mol. The summed E-state index contributed by atoms with van der Waals surface area (Å²) in [5.74, 6) is -1.25. The van der Waals surface area contributed by atoms with E-state index in [2.05, 4.69) is 9.97 Å². The SMILES string of the molecule is COC(=O)c1c2ccccc2nc2ccccc12.O=C(O)c1c2ccccc2nc2ccccc12. The van der Waals surface area contributed by atoms with Gasteiger partial charge in [0.1, 0.15) is 0 Å². The lowest BCUT2D eigenvalue weighted by Gasteiger charge is -2.08. The molecule has 0 bridgehead atoms. The van der Waals surface area contributed by atoms with Gasteiger partial charge in [-0.05, 0) is 24.3 Å². The Bertz CT molecular complexity index is 1640. The van der Waals surface area contributed by atoms with E-state index in [9.17, 15) is 14.7 Å². The monoisotopic (exact) mass is 460 g/mol. The third-order valence-corrected chi connectivity index (χ3v) is 5.78. The zero-order valence-corrected chi connectivity index (χ0v) is 18.8. The highest BCUT2D eigenvalue weighted by Gasteiger charge is 2.16. The molecule has 2 aromatic heterocycles. The van der Waals surface area contributed by atoms with Crippen molar-refractivity contribution in [2.75, 3.05) is 7.11 Å². The van der Waals surface area contributed by atoms with Crippen LogP contribution in [0.3, 0.4) is 0 Å². The lowest BCUT2D eigenvalue weighted by atomic mass is 10.0. The zero-order chi connectivity index (χ0) is 24.4. The topological polar surface area (TPSA) is 89.4 Å². The van der Waals surface area contributed by atoms with Gasteiger partial charge in [-0.2, -0.15) is 0 Å². The van der Waals surface area contributed by atoms with E-state index in [-0.39, 0.29) is 5.97 Å². The number of rotatable bonds is 2. The number of carbonyl (C=O) groups is 2. The Morgan fingerprint density at radius 2 is 0.886 bits per heavy atom. The first-order chi connectivity index (χ1) is 17.1. The van der Waals surface area contributed by atoms with Gasteiger partial charge in [-0.3, -0.25) is 0 Å². The van der Waals surface area contributed by atoms with E-state index in [1.165, 1.54) is 7.11 Å². The highest BCUT2D eigenvalue weighted by Crippen LogP contribution is 2.27. The number of carboxylic acid groups (broad SMARTS) is 1. The van der Waals surface area contributed by atoms with Crippen molar-refractivity contribution >= 4 is 55.6 Å². The first-order valence-electron chi connectivity index (χ1n) is 10.9. The number of para-hydroxylation sites is 4. The number of methoxy groups -OCH3 is 1. The molecule has 6 aromatic rings. The van der Waals surface area contributed by atoms with E-state index in [4.69, 9.17) is 4.74 Å². The molecular weight excluding hydrogens is 440 g/mol. The van der Waals surface area contributed by atoms with Crippen molar-refractivity contribution in [1.82, 2.24) is 9.97 Å². The number of hydrogen-bond acceptors (Lipinski definition) is 5. The Morgan fingerprint density at radius 1 is 0.571 bits per heavy atom. The van der Waals surface area contributed by atoms with Gasteiger partial charge < -0.3 is 9.84 Å². The number of esters is 1. The standard InChI is InChI=1S/C15H11NO2.C14H9NO2/c1-18-15(17)14-10-6-2-4-8-12(10)16-13-9-5-3-7-11(13)14;16-14(17)13-9-5-1-3-7-11(9)15-12-8-4-2-6-10(12)13/h2-9H,1H3;1-8H,(H,16,17). The molecule has 0 fully saturated rings. The molecule has 0 saturated carbocycles. The van der Waals surface area contributed by atoms with Gasteiger partial charge in [-0.15, -0.1) is 0 Å². The number of ether oxygens (including phenoxy) is 1. The number of pyridine rings is 2. The van der Waals surface area contributed by atoms with Crippen LogP contribution in [0.4, 0.5) is 0 Å². The van der Waals surface area contributed by atoms with Gasteiger partial charge in [-0.25, -0.2) is 19.6 Å². The lowest BCUT2D eigenvalue weighted by molar-refractivity contribution is 0.0604. The molecule has 0 aliphatic carbocycles. The molecule has 6 nitrogen and oxygen atoms in total. The van der Waals surface area contributed by atoms with Gasteiger partial charge in [0.05, 0.1) is 40.3 Å². The van der Waals surface area contributed by atoms with E-state index in [1.54, 1.807) is 12.1 Å². The number of hydrogen-bond donors (Lipinski definition) is 1. The molecular formula is C29H20N2O4. The first kappa shape index (κ1) is 22.0. The Balaban J connectivity index is 0.000000145. The maximum absolute atomic E-state index is 12.0. The van der Waals surface area contributed by atoms with Crippen LogP contribution in [0.2, 0.25) is 0 Å². The highest BCUT2D eigenvalue weighted by atomic mass is 16.5. The quantitative estimate of drug-likeness (QED) is 0.242. The summed E-state index contributed by atoms with van der Waals surface area (Å²) in [6.07, 6.45) is 0. The van der Waals surface area contributed by atoms with E-state index in [0.29, 0.717) is 32.9 Å². The van der Waals surface area contributed by atoms with Crippen molar-refractivity contribution in [2.45, 2.75) is 0 Å². The minimum atomic E-state index is -0.917. The van der Waals surface area contributed by atoms with Gasteiger partial charge >= 0.3 is 11.9 Å². The molecule has 35 heavy (non-hydrogen) atoms. The fourth-order valence-corrected chi connectivity index (χ4v) is 4.23. The minimum absolute atomic E-state index is 0.325. The molecule has 0 aliphatic rings. The summed E-state index contributed by atoms with van der Waals surface area (Å²) in [7, 11) is 1.40. The summed E-state index contributed by atoms with van der Waals surface area (Å²) in [5.41, 5.74) is 3.94. The van der Waals surface area contributed by atoms with Crippen molar-refractivity contribution < 1.29 is 19.4 Å². The number of benzene rings is 4. The molecule has 6 heteroatoms. The number of carbonyl (C=O) groups excluding carboxylic acids is 1. The van der Waals surface area contributed by atoms with Crippen LogP contribution in [0, 0.1) is 0 Å². The number of aromatic carboxylic acids is 1. The van der Waals surface area contributed by atoms with Crippen LogP contribution in [0.25, 0.3) is 43.6 Å². The number of nitrogens with zero attached hydrogens (tertiary/aromatic N) is 2. The summed E-state index contributed by atoms with van der Waals surface area (Å²) >= 11 is 0. The molecule has 0 radical (unpaired) electrons. The zero-order valence-electron chi connectivity index (χ0n) is 18.8. The second kappa shape index (κ2) is 9.19. The second-order valence-corrected chi connectivity index (χ2v) is 7.84. The van der Waals surface area contributed by atoms with Crippen molar-refractivity contribution in [1.29, 1.82) is 0 Å². The Morgan fingerprint density at radius 3 is 1.20 bits per heavy atom. The highest BCUT2D eigenvalue weighted by molar-refractivity contribution is 6.15. The Hall–Kier alpha value is -4.84. The van der Waals surface area contributed by atoms with Crippen molar-refractivity contribution in [2.24, 2.45) is 0 Å². The molecule has 0 aliphatic heterocycles. The third kappa shape index (κ3) is 4.02. The molecule has 1 N–H and O–H groups in total. The minimum Gasteiger partial charge on any atom is -0.478 e. The van der Waals surface area contributed by atoms with Gasteiger partial charge in [-0.1, -0.05) is 72.8 Å². The number of carboxylic acids is 1. The fraction of sp³-hybridized carbons (Fsp3) is 0.0345. The maximum Gasteiger partial charge on any atom is 0.339 e. The summed E-state index contributed by atoms with van der Waals surface area (Å²) in [5, 5.41) is 12.4. The fourth-order valence-electron chi connectivity index (χ4n) is 4.23. The molecule has 0 amide bonds. The molecule has 0 unspecified atom stereocenters. The van der Waals surface area contributed by atoms with E-state index < -0.39 is 5.97 Å². The van der Waals surface area contributed by atoms with Gasteiger partial charge in [0.2, 0.25) is 0 Å².